The van der Waals surface area contributed by atoms with Crippen LogP contribution in [0.25, 0.3) is 0 Å². The average Bonchev–Trinajstić information content (AvgIpc) is 2.18. The Morgan fingerprint density at radius 1 is 1.41 bits per heavy atom. The Balaban J connectivity index is 2.41. The monoisotopic (exact) mass is 241 g/mol. The molecule has 2 atom stereocenters. The molecule has 0 saturated heterocycles. The van der Waals surface area contributed by atoms with E-state index in [0.29, 0.717) is 13.0 Å². The minimum absolute atomic E-state index is 0.0240. The predicted octanol–water partition coefficient (Wildman–Crippen LogP) is 2.48. The quantitative estimate of drug-likeness (QED) is 0.797. The Bertz CT molecular complexity index is 270. The first-order valence-corrected chi connectivity index (χ1v) is 6.68. The number of carbonyl (C=O) groups excluding carboxylic acids is 1. The summed E-state index contributed by atoms with van der Waals surface area (Å²) in [7, 11) is 0. The maximum absolute atomic E-state index is 11.8. The van der Waals surface area contributed by atoms with Gasteiger partial charge in [-0.25, -0.2) is 0 Å². The lowest BCUT2D eigenvalue weighted by Crippen LogP contribution is -2.45. The summed E-state index contributed by atoms with van der Waals surface area (Å²) in [6.45, 7) is 8.86. The van der Waals surface area contributed by atoms with Gasteiger partial charge in [-0.1, -0.05) is 40.5 Å². The number of amides is 1. The van der Waals surface area contributed by atoms with E-state index < -0.39 is 0 Å². The van der Waals surface area contributed by atoms with Crippen LogP contribution < -0.4 is 5.32 Å². The molecule has 1 aliphatic carbocycles. The molecule has 0 heterocycles. The van der Waals surface area contributed by atoms with Gasteiger partial charge in [0, 0.05) is 18.4 Å². The van der Waals surface area contributed by atoms with Crippen molar-refractivity contribution in [3.05, 3.63) is 0 Å². The summed E-state index contributed by atoms with van der Waals surface area (Å²) in [5.41, 5.74) is -0.109. The molecule has 2 N–H and O–H groups in total. The van der Waals surface area contributed by atoms with E-state index in [1.807, 2.05) is 0 Å². The first-order chi connectivity index (χ1) is 7.73. The molecular formula is C14H27NO2. The zero-order chi connectivity index (χ0) is 13.1. The molecule has 3 heteroatoms. The lowest BCUT2D eigenvalue weighted by molar-refractivity contribution is -0.124. The van der Waals surface area contributed by atoms with Crippen molar-refractivity contribution in [2.75, 3.05) is 6.54 Å². The molecule has 100 valence electrons. The van der Waals surface area contributed by atoms with Crippen LogP contribution in [0.4, 0.5) is 0 Å². The largest absolute Gasteiger partial charge is 0.392 e. The summed E-state index contributed by atoms with van der Waals surface area (Å²) < 4.78 is 0. The van der Waals surface area contributed by atoms with Crippen LogP contribution >= 0.6 is 0 Å². The first kappa shape index (κ1) is 14.5. The Morgan fingerprint density at radius 2 is 2.06 bits per heavy atom. The molecule has 1 fully saturated rings. The van der Waals surface area contributed by atoms with Crippen LogP contribution in [0.3, 0.4) is 0 Å². The third-order valence-electron chi connectivity index (χ3n) is 3.66. The van der Waals surface area contributed by atoms with Gasteiger partial charge in [-0.2, -0.15) is 0 Å². The van der Waals surface area contributed by atoms with Crippen LogP contribution in [0.15, 0.2) is 0 Å². The number of rotatable bonds is 3. The van der Waals surface area contributed by atoms with E-state index in [9.17, 15) is 9.90 Å². The molecule has 0 radical (unpaired) electrons. The van der Waals surface area contributed by atoms with E-state index >= 15 is 0 Å². The van der Waals surface area contributed by atoms with Crippen molar-refractivity contribution in [3.63, 3.8) is 0 Å². The van der Waals surface area contributed by atoms with Gasteiger partial charge in [0.25, 0.3) is 0 Å². The van der Waals surface area contributed by atoms with E-state index in [1.165, 1.54) is 0 Å². The highest BCUT2D eigenvalue weighted by atomic mass is 16.3. The van der Waals surface area contributed by atoms with Gasteiger partial charge in [0.2, 0.25) is 5.91 Å². The predicted molar refractivity (Wildman–Crippen MR) is 69.7 cm³/mol. The fraction of sp³-hybridized carbons (Fsp3) is 0.929. The molecule has 1 aliphatic rings. The molecule has 17 heavy (non-hydrogen) atoms. The van der Waals surface area contributed by atoms with Gasteiger partial charge in [0.15, 0.2) is 0 Å². The molecule has 3 nitrogen and oxygen atoms in total. The van der Waals surface area contributed by atoms with E-state index in [2.05, 4.69) is 33.0 Å². The minimum atomic E-state index is -0.272. The second-order valence-electron chi connectivity index (χ2n) is 6.93. The lowest BCUT2D eigenvalue weighted by atomic mass is 9.73. The maximum Gasteiger partial charge on any atom is 0.220 e. The Morgan fingerprint density at radius 3 is 2.59 bits per heavy atom. The Kier molecular flexibility index (Phi) is 4.59. The van der Waals surface area contributed by atoms with Crippen LogP contribution in [0.2, 0.25) is 0 Å². The summed E-state index contributed by atoms with van der Waals surface area (Å²) in [5.74, 6) is 0.0940. The van der Waals surface area contributed by atoms with Gasteiger partial charge in [-0.05, 0) is 18.3 Å². The number of hydrogen-bond donors (Lipinski definition) is 2. The molecule has 0 bridgehead atoms. The van der Waals surface area contributed by atoms with Gasteiger partial charge in [-0.3, -0.25) is 4.79 Å². The number of carbonyl (C=O) groups is 1. The third-order valence-corrected chi connectivity index (χ3v) is 3.66. The topological polar surface area (TPSA) is 49.3 Å². The molecule has 0 aromatic heterocycles. The molecule has 0 unspecified atom stereocenters. The van der Waals surface area contributed by atoms with E-state index in [1.54, 1.807) is 0 Å². The van der Waals surface area contributed by atoms with Crippen LogP contribution in [-0.4, -0.2) is 23.7 Å². The summed E-state index contributed by atoms with van der Waals surface area (Å²) in [4.78, 5) is 11.8. The second-order valence-corrected chi connectivity index (χ2v) is 6.93. The summed E-state index contributed by atoms with van der Waals surface area (Å²) in [6, 6.07) is 0. The van der Waals surface area contributed by atoms with Crippen molar-refractivity contribution in [2.24, 2.45) is 10.8 Å². The fourth-order valence-electron chi connectivity index (χ4n) is 2.43. The van der Waals surface area contributed by atoms with Crippen molar-refractivity contribution in [1.29, 1.82) is 0 Å². The molecule has 0 aromatic rings. The van der Waals surface area contributed by atoms with Crippen molar-refractivity contribution in [3.8, 4) is 0 Å². The van der Waals surface area contributed by atoms with Gasteiger partial charge < -0.3 is 10.4 Å². The highest BCUT2D eigenvalue weighted by Crippen LogP contribution is 2.35. The van der Waals surface area contributed by atoms with Gasteiger partial charge in [-0.15, -0.1) is 0 Å². The number of aliphatic hydroxyl groups is 1. The number of hydrogen-bond acceptors (Lipinski definition) is 2. The zero-order valence-corrected chi connectivity index (χ0v) is 11.7. The average molecular weight is 241 g/mol. The Labute approximate surface area is 105 Å². The smallest absolute Gasteiger partial charge is 0.220 e. The lowest BCUT2D eigenvalue weighted by Gasteiger charge is -2.38. The summed E-state index contributed by atoms with van der Waals surface area (Å²) >= 11 is 0. The van der Waals surface area contributed by atoms with Crippen LogP contribution in [0.1, 0.15) is 59.8 Å². The number of aliphatic hydroxyl groups excluding tert-OH is 1. The molecular weight excluding hydrogens is 214 g/mol. The second kappa shape index (κ2) is 5.38. The highest BCUT2D eigenvalue weighted by Gasteiger charge is 2.35. The SMILES string of the molecule is CC(C)(C)CC(=O)NC[C@@]1(C)CCCC[C@@H]1O. The van der Waals surface area contributed by atoms with Gasteiger partial charge in [0.1, 0.15) is 0 Å². The molecule has 1 rings (SSSR count). The Hall–Kier alpha value is -0.570. The number of nitrogens with one attached hydrogen (secondary N) is 1. The molecule has 1 amide bonds. The highest BCUT2D eigenvalue weighted by molar-refractivity contribution is 5.76. The van der Waals surface area contributed by atoms with Crippen molar-refractivity contribution in [2.45, 2.75) is 65.9 Å². The molecule has 0 aliphatic heterocycles. The normalized spacial score (nSPS) is 30.1. The summed E-state index contributed by atoms with van der Waals surface area (Å²) in [5, 5.41) is 13.0. The van der Waals surface area contributed by atoms with Gasteiger partial charge in [0.05, 0.1) is 6.10 Å². The maximum atomic E-state index is 11.8. The van der Waals surface area contributed by atoms with Crippen LogP contribution in [-0.2, 0) is 4.79 Å². The van der Waals surface area contributed by atoms with Crippen molar-refractivity contribution in [1.82, 2.24) is 5.32 Å². The van der Waals surface area contributed by atoms with Crippen molar-refractivity contribution < 1.29 is 9.90 Å². The van der Waals surface area contributed by atoms with Crippen LogP contribution in [0.5, 0.6) is 0 Å². The molecule has 0 spiro atoms. The summed E-state index contributed by atoms with van der Waals surface area (Å²) in [6.07, 6.45) is 4.40. The molecule has 0 aromatic carbocycles. The van der Waals surface area contributed by atoms with E-state index in [0.717, 1.165) is 25.7 Å². The zero-order valence-electron chi connectivity index (χ0n) is 11.7. The fourth-order valence-corrected chi connectivity index (χ4v) is 2.43. The minimum Gasteiger partial charge on any atom is -0.392 e. The van der Waals surface area contributed by atoms with E-state index in [4.69, 9.17) is 0 Å². The van der Waals surface area contributed by atoms with Crippen molar-refractivity contribution >= 4 is 5.91 Å². The standard InChI is InChI=1S/C14H27NO2/c1-13(2,3)9-12(17)15-10-14(4)8-6-5-7-11(14)16/h11,16H,5-10H2,1-4H3,(H,15,17)/t11-,14+/m0/s1. The van der Waals surface area contributed by atoms with Gasteiger partial charge >= 0.3 is 0 Å². The van der Waals surface area contributed by atoms with E-state index in [-0.39, 0.29) is 22.8 Å². The molecule has 1 saturated carbocycles. The van der Waals surface area contributed by atoms with Crippen LogP contribution in [0, 0.1) is 10.8 Å². The third kappa shape index (κ3) is 4.66. The first-order valence-electron chi connectivity index (χ1n) is 6.68.